The van der Waals surface area contributed by atoms with Crippen LogP contribution < -0.4 is 10.2 Å². The third-order valence-electron chi connectivity index (χ3n) is 3.14. The van der Waals surface area contributed by atoms with Gasteiger partial charge in [-0.15, -0.1) is 0 Å². The smallest absolute Gasteiger partial charge is 0.250 e. The fraction of sp³-hybridized carbons (Fsp3) is 0.385. The van der Waals surface area contributed by atoms with Gasteiger partial charge in [0, 0.05) is 3.57 Å². The summed E-state index contributed by atoms with van der Waals surface area (Å²) in [7, 11) is 0. The maximum atomic E-state index is 12.3. The fourth-order valence-electron chi connectivity index (χ4n) is 2.18. The van der Waals surface area contributed by atoms with Crippen LogP contribution in [0, 0.1) is 3.57 Å². The second-order valence-corrected chi connectivity index (χ2v) is 6.11. The number of nitrogens with zero attached hydrogens (tertiary/aromatic N) is 1. The van der Waals surface area contributed by atoms with Gasteiger partial charge in [0.15, 0.2) is 0 Å². The molecule has 2 rings (SSSR count). The predicted octanol–water partition coefficient (Wildman–Crippen LogP) is 2.57. The number of carbonyl (C=O) groups is 2. The van der Waals surface area contributed by atoms with Gasteiger partial charge in [-0.25, -0.2) is 0 Å². The number of piperazine rings is 1. The van der Waals surface area contributed by atoms with Crippen LogP contribution in [-0.4, -0.2) is 23.9 Å². The maximum absolute atomic E-state index is 12.3. The van der Waals surface area contributed by atoms with Crippen molar-refractivity contribution in [1.82, 2.24) is 5.32 Å². The molecule has 4 nitrogen and oxygen atoms in total. The Morgan fingerprint density at radius 3 is 2.68 bits per heavy atom. The van der Waals surface area contributed by atoms with E-state index in [0.29, 0.717) is 17.1 Å². The third-order valence-corrected chi connectivity index (χ3v) is 4.11. The van der Waals surface area contributed by atoms with Gasteiger partial charge in [-0.2, -0.15) is 0 Å². The molecule has 102 valence electrons. The lowest BCUT2D eigenvalue weighted by Crippen LogP contribution is -2.62. The Morgan fingerprint density at radius 1 is 1.42 bits per heavy atom. The topological polar surface area (TPSA) is 49.4 Å². The highest BCUT2D eigenvalue weighted by Crippen LogP contribution is 2.31. The molecular formula is C13H14ClIN2O2. The average Bonchev–Trinajstić information content (AvgIpc) is 2.34. The van der Waals surface area contributed by atoms with E-state index in [-0.39, 0.29) is 11.8 Å². The van der Waals surface area contributed by atoms with E-state index in [1.165, 1.54) is 4.90 Å². The van der Waals surface area contributed by atoms with Crippen LogP contribution in [0.15, 0.2) is 18.2 Å². The summed E-state index contributed by atoms with van der Waals surface area (Å²) >= 11 is 8.37. The van der Waals surface area contributed by atoms with Crippen LogP contribution in [0.2, 0.25) is 5.02 Å². The number of nitrogens with one attached hydrogen (secondary N) is 1. The molecule has 2 unspecified atom stereocenters. The number of rotatable bonds is 2. The highest BCUT2D eigenvalue weighted by atomic mass is 127. The van der Waals surface area contributed by atoms with E-state index in [1.807, 2.05) is 13.0 Å². The molecule has 1 saturated heterocycles. The Labute approximate surface area is 130 Å². The molecular weight excluding hydrogens is 379 g/mol. The number of anilines is 1. The quantitative estimate of drug-likeness (QED) is 0.787. The van der Waals surface area contributed by atoms with Crippen molar-refractivity contribution in [2.45, 2.75) is 32.4 Å². The van der Waals surface area contributed by atoms with Gasteiger partial charge in [-0.05, 0) is 54.1 Å². The average molecular weight is 393 g/mol. The molecule has 1 fully saturated rings. The molecule has 1 aromatic carbocycles. The van der Waals surface area contributed by atoms with Crippen molar-refractivity contribution in [2.24, 2.45) is 0 Å². The largest absolute Gasteiger partial charge is 0.343 e. The Hall–Kier alpha value is -0.820. The molecule has 1 aromatic rings. The molecule has 19 heavy (non-hydrogen) atoms. The summed E-state index contributed by atoms with van der Waals surface area (Å²) in [5.74, 6) is -0.265. The van der Waals surface area contributed by atoms with Crippen LogP contribution in [0.25, 0.3) is 0 Å². The molecule has 2 amide bonds. The Bertz CT molecular complexity index is 535. The van der Waals surface area contributed by atoms with Gasteiger partial charge in [0.2, 0.25) is 11.8 Å². The van der Waals surface area contributed by atoms with E-state index in [2.05, 4.69) is 27.9 Å². The Kier molecular flexibility index (Phi) is 4.35. The van der Waals surface area contributed by atoms with E-state index in [0.717, 1.165) is 3.57 Å². The number of hydrogen-bond acceptors (Lipinski definition) is 2. The van der Waals surface area contributed by atoms with Gasteiger partial charge >= 0.3 is 0 Å². The number of benzene rings is 1. The predicted molar refractivity (Wildman–Crippen MR) is 83.3 cm³/mol. The summed E-state index contributed by atoms with van der Waals surface area (Å²) in [6.45, 7) is 3.56. The zero-order valence-electron chi connectivity index (χ0n) is 10.6. The van der Waals surface area contributed by atoms with Crippen molar-refractivity contribution in [2.75, 3.05) is 4.90 Å². The third kappa shape index (κ3) is 2.72. The minimum absolute atomic E-state index is 0.130. The van der Waals surface area contributed by atoms with Crippen molar-refractivity contribution < 1.29 is 9.59 Å². The van der Waals surface area contributed by atoms with Crippen LogP contribution in [0.1, 0.15) is 20.3 Å². The van der Waals surface area contributed by atoms with Crippen LogP contribution in [0.4, 0.5) is 5.69 Å². The molecule has 1 aliphatic rings. The SMILES string of the molecule is CCC1C(=O)NC(C)C(=O)N1c1ccc(I)cc1Cl. The fourth-order valence-corrected chi connectivity index (χ4v) is 3.13. The first-order chi connectivity index (χ1) is 8.95. The number of hydrogen-bond donors (Lipinski definition) is 1. The highest BCUT2D eigenvalue weighted by Gasteiger charge is 2.39. The van der Waals surface area contributed by atoms with Gasteiger partial charge in [-0.3, -0.25) is 14.5 Å². The van der Waals surface area contributed by atoms with Crippen molar-refractivity contribution >= 4 is 51.7 Å². The molecule has 1 heterocycles. The second kappa shape index (κ2) is 5.66. The first-order valence-electron chi connectivity index (χ1n) is 6.04. The number of amides is 2. The van der Waals surface area contributed by atoms with E-state index >= 15 is 0 Å². The lowest BCUT2D eigenvalue weighted by atomic mass is 10.0. The molecule has 0 aromatic heterocycles. The maximum Gasteiger partial charge on any atom is 0.250 e. The summed E-state index contributed by atoms with van der Waals surface area (Å²) in [5.41, 5.74) is 0.598. The van der Waals surface area contributed by atoms with Gasteiger partial charge < -0.3 is 5.32 Å². The number of halogens is 2. The second-order valence-electron chi connectivity index (χ2n) is 4.46. The van der Waals surface area contributed by atoms with Crippen molar-refractivity contribution in [1.29, 1.82) is 0 Å². The molecule has 0 saturated carbocycles. The van der Waals surface area contributed by atoms with Gasteiger partial charge in [-0.1, -0.05) is 18.5 Å². The van der Waals surface area contributed by atoms with E-state index < -0.39 is 12.1 Å². The van der Waals surface area contributed by atoms with Crippen molar-refractivity contribution in [3.05, 3.63) is 26.8 Å². The zero-order chi connectivity index (χ0) is 14.2. The lowest BCUT2D eigenvalue weighted by Gasteiger charge is -2.37. The monoisotopic (exact) mass is 392 g/mol. The molecule has 0 radical (unpaired) electrons. The molecule has 0 bridgehead atoms. The zero-order valence-corrected chi connectivity index (χ0v) is 13.5. The molecule has 1 aliphatic heterocycles. The summed E-state index contributed by atoms with van der Waals surface area (Å²) in [6, 6.07) is 4.43. The van der Waals surface area contributed by atoms with E-state index in [1.54, 1.807) is 19.1 Å². The normalized spacial score (nSPS) is 23.5. The van der Waals surface area contributed by atoms with Gasteiger partial charge in [0.25, 0.3) is 0 Å². The van der Waals surface area contributed by atoms with Crippen LogP contribution in [-0.2, 0) is 9.59 Å². The molecule has 0 spiro atoms. The highest BCUT2D eigenvalue weighted by molar-refractivity contribution is 14.1. The van der Waals surface area contributed by atoms with Crippen LogP contribution in [0.5, 0.6) is 0 Å². The summed E-state index contributed by atoms with van der Waals surface area (Å²) < 4.78 is 0.987. The van der Waals surface area contributed by atoms with Crippen molar-refractivity contribution in [3.63, 3.8) is 0 Å². The van der Waals surface area contributed by atoms with Crippen molar-refractivity contribution in [3.8, 4) is 0 Å². The van der Waals surface area contributed by atoms with E-state index in [4.69, 9.17) is 11.6 Å². The molecule has 0 aliphatic carbocycles. The summed E-state index contributed by atoms with van der Waals surface area (Å²) in [6.07, 6.45) is 0.548. The molecule has 6 heteroatoms. The van der Waals surface area contributed by atoms with E-state index in [9.17, 15) is 9.59 Å². The summed E-state index contributed by atoms with van der Waals surface area (Å²) in [4.78, 5) is 25.8. The van der Waals surface area contributed by atoms with Crippen LogP contribution >= 0.6 is 34.2 Å². The van der Waals surface area contributed by atoms with Gasteiger partial charge in [0.1, 0.15) is 12.1 Å². The van der Waals surface area contributed by atoms with Crippen LogP contribution in [0.3, 0.4) is 0 Å². The molecule has 2 atom stereocenters. The Balaban J connectivity index is 2.48. The minimum atomic E-state index is -0.523. The first-order valence-corrected chi connectivity index (χ1v) is 7.50. The molecule has 1 N–H and O–H groups in total. The standard InChI is InChI=1S/C13H14ClIN2O2/c1-3-10-12(18)16-7(2)13(19)17(10)11-5-4-8(15)6-9(11)14/h4-7,10H,3H2,1-2H3,(H,16,18). The summed E-state index contributed by atoms with van der Waals surface area (Å²) in [5, 5.41) is 3.17. The minimum Gasteiger partial charge on any atom is -0.343 e. The first kappa shape index (κ1) is 14.6. The lowest BCUT2D eigenvalue weighted by molar-refractivity contribution is -0.133. The Morgan fingerprint density at radius 2 is 2.11 bits per heavy atom. The van der Waals surface area contributed by atoms with Gasteiger partial charge in [0.05, 0.1) is 10.7 Å². The number of carbonyl (C=O) groups excluding carboxylic acids is 2.